The molecule has 0 saturated heterocycles. The summed E-state index contributed by atoms with van der Waals surface area (Å²) in [5.74, 6) is 0.603. The number of benzene rings is 1. The molecule has 0 aliphatic rings. The largest absolute Gasteiger partial charge is 0.333 e. The molecular weight excluding hydrogens is 295 g/mol. The van der Waals surface area contributed by atoms with Crippen LogP contribution in [0.3, 0.4) is 0 Å². The van der Waals surface area contributed by atoms with Crippen molar-refractivity contribution in [3.05, 3.63) is 42.1 Å². The minimum absolute atomic E-state index is 0.246. The molecule has 7 heteroatoms. The topological polar surface area (TPSA) is 54.5 Å². The minimum Gasteiger partial charge on any atom is -0.333 e. The van der Waals surface area contributed by atoms with Crippen LogP contribution >= 0.6 is 23.3 Å². The Hall–Kier alpha value is -1.73. The highest BCUT2D eigenvalue weighted by Gasteiger charge is 2.08. The van der Waals surface area contributed by atoms with E-state index in [1.54, 1.807) is 18.3 Å². The van der Waals surface area contributed by atoms with Gasteiger partial charge >= 0.3 is 0 Å². The zero-order valence-corrected chi connectivity index (χ0v) is 12.3. The van der Waals surface area contributed by atoms with Crippen LogP contribution in [0.2, 0.25) is 0 Å². The van der Waals surface area contributed by atoms with Gasteiger partial charge in [-0.1, -0.05) is 6.92 Å². The number of H-pyrrole nitrogens is 1. The second-order valence-electron chi connectivity index (χ2n) is 4.04. The van der Waals surface area contributed by atoms with E-state index in [2.05, 4.69) is 19.3 Å². The van der Waals surface area contributed by atoms with Crippen molar-refractivity contribution in [2.75, 3.05) is 0 Å². The Labute approximate surface area is 123 Å². The summed E-state index contributed by atoms with van der Waals surface area (Å²) in [4.78, 5) is 11.9. The summed E-state index contributed by atoms with van der Waals surface area (Å²) in [6, 6.07) is 6.30. The fourth-order valence-corrected chi connectivity index (χ4v) is 3.22. The SMILES string of the molecule is CCc1nsc(Sc2ncc(-c3ccc(F)cc3)[nH]2)n1. The average Bonchev–Trinajstić information content (AvgIpc) is 3.09. The first-order valence-corrected chi connectivity index (χ1v) is 7.65. The van der Waals surface area contributed by atoms with Gasteiger partial charge in [-0.05, 0) is 53.1 Å². The number of halogens is 1. The molecule has 0 amide bonds. The first kappa shape index (κ1) is 13.3. The van der Waals surface area contributed by atoms with E-state index < -0.39 is 0 Å². The zero-order chi connectivity index (χ0) is 13.9. The number of aromatic amines is 1. The smallest absolute Gasteiger partial charge is 0.177 e. The van der Waals surface area contributed by atoms with Gasteiger partial charge in [-0.25, -0.2) is 14.4 Å². The molecule has 0 saturated carbocycles. The highest BCUT2D eigenvalue weighted by molar-refractivity contribution is 8.00. The average molecular weight is 306 g/mol. The fourth-order valence-electron chi connectivity index (χ4n) is 1.64. The number of imidazole rings is 1. The van der Waals surface area contributed by atoms with Gasteiger partial charge < -0.3 is 4.98 Å². The van der Waals surface area contributed by atoms with E-state index >= 15 is 0 Å². The van der Waals surface area contributed by atoms with Crippen molar-refractivity contribution in [1.82, 2.24) is 19.3 Å². The van der Waals surface area contributed by atoms with Crippen molar-refractivity contribution < 1.29 is 4.39 Å². The highest BCUT2D eigenvalue weighted by atomic mass is 32.2. The van der Waals surface area contributed by atoms with E-state index in [4.69, 9.17) is 0 Å². The van der Waals surface area contributed by atoms with Crippen LogP contribution in [0, 0.1) is 5.82 Å². The third kappa shape index (κ3) is 2.88. The molecule has 0 atom stereocenters. The number of hydrogen-bond donors (Lipinski definition) is 1. The normalized spacial score (nSPS) is 10.9. The number of nitrogens with one attached hydrogen (secondary N) is 1. The fraction of sp³-hybridized carbons (Fsp3) is 0.154. The van der Waals surface area contributed by atoms with Crippen molar-refractivity contribution in [2.45, 2.75) is 22.8 Å². The van der Waals surface area contributed by atoms with E-state index in [-0.39, 0.29) is 5.82 Å². The maximum absolute atomic E-state index is 12.9. The van der Waals surface area contributed by atoms with Crippen LogP contribution in [0.4, 0.5) is 4.39 Å². The molecule has 0 radical (unpaired) electrons. The van der Waals surface area contributed by atoms with Crippen molar-refractivity contribution in [1.29, 1.82) is 0 Å². The Balaban J connectivity index is 1.78. The molecule has 2 heterocycles. The first-order valence-electron chi connectivity index (χ1n) is 6.06. The van der Waals surface area contributed by atoms with Gasteiger partial charge in [0.05, 0.1) is 11.9 Å². The maximum Gasteiger partial charge on any atom is 0.177 e. The number of nitrogens with zero attached hydrogens (tertiary/aromatic N) is 3. The van der Waals surface area contributed by atoms with Crippen LogP contribution < -0.4 is 0 Å². The van der Waals surface area contributed by atoms with Crippen LogP contribution in [0.15, 0.2) is 40.0 Å². The maximum atomic E-state index is 12.9. The number of rotatable bonds is 4. The molecule has 3 aromatic rings. The summed E-state index contributed by atoms with van der Waals surface area (Å²) < 4.78 is 18.0. The second kappa shape index (κ2) is 5.72. The lowest BCUT2D eigenvalue weighted by Gasteiger charge is -1.96. The van der Waals surface area contributed by atoms with Gasteiger partial charge in [0.2, 0.25) is 0 Å². The molecule has 102 valence electrons. The Kier molecular flexibility index (Phi) is 3.79. The number of hydrogen-bond acceptors (Lipinski definition) is 5. The molecule has 0 bridgehead atoms. The first-order chi connectivity index (χ1) is 9.74. The quantitative estimate of drug-likeness (QED) is 0.797. The van der Waals surface area contributed by atoms with E-state index in [1.165, 1.54) is 35.4 Å². The summed E-state index contributed by atoms with van der Waals surface area (Å²) in [6.45, 7) is 2.02. The number of aromatic nitrogens is 4. The highest BCUT2D eigenvalue weighted by Crippen LogP contribution is 2.28. The van der Waals surface area contributed by atoms with Gasteiger partial charge in [-0.3, -0.25) is 0 Å². The van der Waals surface area contributed by atoms with Crippen LogP contribution in [-0.2, 0) is 6.42 Å². The summed E-state index contributed by atoms with van der Waals surface area (Å²) >= 11 is 2.81. The van der Waals surface area contributed by atoms with E-state index in [9.17, 15) is 4.39 Å². The van der Waals surface area contributed by atoms with Crippen molar-refractivity contribution in [3.8, 4) is 11.3 Å². The standard InChI is InChI=1S/C13H11FN4S2/c1-2-11-17-13(20-18-11)19-12-15-7-10(16-12)8-3-5-9(14)6-4-8/h3-7H,2H2,1H3,(H,15,16). The third-order valence-corrected chi connectivity index (χ3v) is 4.35. The molecule has 1 N–H and O–H groups in total. The lowest BCUT2D eigenvalue weighted by atomic mass is 10.2. The van der Waals surface area contributed by atoms with Crippen molar-refractivity contribution in [3.63, 3.8) is 0 Å². The molecule has 4 nitrogen and oxygen atoms in total. The molecule has 3 rings (SSSR count). The molecule has 0 aliphatic carbocycles. The Morgan fingerprint density at radius 1 is 1.30 bits per heavy atom. The molecule has 0 spiro atoms. The van der Waals surface area contributed by atoms with E-state index in [1.807, 2.05) is 6.92 Å². The van der Waals surface area contributed by atoms with Gasteiger partial charge in [0.1, 0.15) is 11.6 Å². The monoisotopic (exact) mass is 306 g/mol. The number of aryl methyl sites for hydroxylation is 1. The molecule has 1 aromatic carbocycles. The van der Waals surface area contributed by atoms with E-state index in [0.29, 0.717) is 0 Å². The van der Waals surface area contributed by atoms with Crippen LogP contribution in [-0.4, -0.2) is 19.3 Å². The van der Waals surface area contributed by atoms with Gasteiger partial charge in [0, 0.05) is 6.42 Å². The van der Waals surface area contributed by atoms with Crippen LogP contribution in [0.25, 0.3) is 11.3 Å². The zero-order valence-electron chi connectivity index (χ0n) is 10.6. The molecule has 20 heavy (non-hydrogen) atoms. The van der Waals surface area contributed by atoms with E-state index in [0.717, 1.165) is 33.0 Å². The van der Waals surface area contributed by atoms with Gasteiger partial charge in [-0.15, -0.1) is 0 Å². The van der Waals surface area contributed by atoms with Gasteiger partial charge in [-0.2, -0.15) is 4.37 Å². The summed E-state index contributed by atoms with van der Waals surface area (Å²) in [6.07, 6.45) is 2.56. The van der Waals surface area contributed by atoms with Gasteiger partial charge in [0.15, 0.2) is 9.50 Å². The minimum atomic E-state index is -0.246. The van der Waals surface area contributed by atoms with Crippen LogP contribution in [0.5, 0.6) is 0 Å². The predicted molar refractivity (Wildman–Crippen MR) is 77.4 cm³/mol. The molecular formula is C13H11FN4S2. The lowest BCUT2D eigenvalue weighted by molar-refractivity contribution is 0.628. The third-order valence-electron chi connectivity index (χ3n) is 2.66. The summed E-state index contributed by atoms with van der Waals surface area (Å²) in [5, 5.41) is 0.753. The Morgan fingerprint density at radius 3 is 2.80 bits per heavy atom. The Bertz CT molecular complexity index is 705. The predicted octanol–water partition coefficient (Wildman–Crippen LogP) is 3.78. The van der Waals surface area contributed by atoms with Gasteiger partial charge in [0.25, 0.3) is 0 Å². The van der Waals surface area contributed by atoms with Crippen molar-refractivity contribution in [2.24, 2.45) is 0 Å². The Morgan fingerprint density at radius 2 is 2.10 bits per heavy atom. The van der Waals surface area contributed by atoms with Crippen molar-refractivity contribution >= 4 is 23.3 Å². The molecule has 0 unspecified atom stereocenters. The molecule has 2 aromatic heterocycles. The second-order valence-corrected chi connectivity index (χ2v) is 6.03. The molecule has 0 aliphatic heterocycles. The van der Waals surface area contributed by atoms with Crippen LogP contribution in [0.1, 0.15) is 12.7 Å². The summed E-state index contributed by atoms with van der Waals surface area (Å²) in [5.41, 5.74) is 1.75. The molecule has 0 fully saturated rings. The lowest BCUT2D eigenvalue weighted by Crippen LogP contribution is -1.82. The summed E-state index contributed by atoms with van der Waals surface area (Å²) in [7, 11) is 0.